The van der Waals surface area contributed by atoms with Crippen LogP contribution < -0.4 is 5.69 Å². The first-order valence-electron chi connectivity index (χ1n) is 7.42. The highest BCUT2D eigenvalue weighted by molar-refractivity contribution is 5.82. The van der Waals surface area contributed by atoms with Gasteiger partial charge in [-0.2, -0.15) is 0 Å². The SMILES string of the molecule is O=c1[nH]c2cc(F)c(-c3ccc(-c4ccccc4O)cc3)cc2[nH]1. The van der Waals surface area contributed by atoms with Crippen molar-refractivity contribution in [1.29, 1.82) is 0 Å². The maximum atomic E-state index is 14.3. The van der Waals surface area contributed by atoms with E-state index in [1.807, 2.05) is 24.3 Å². The number of aromatic nitrogens is 2. The topological polar surface area (TPSA) is 68.9 Å². The summed E-state index contributed by atoms with van der Waals surface area (Å²) in [6.07, 6.45) is 0. The van der Waals surface area contributed by atoms with Crippen molar-refractivity contribution in [2.75, 3.05) is 0 Å². The molecule has 1 heterocycles. The molecule has 0 aliphatic carbocycles. The Bertz CT molecular complexity index is 1090. The van der Waals surface area contributed by atoms with Crippen molar-refractivity contribution < 1.29 is 9.50 Å². The lowest BCUT2D eigenvalue weighted by Crippen LogP contribution is -1.99. The van der Waals surface area contributed by atoms with Gasteiger partial charge in [0.25, 0.3) is 0 Å². The lowest BCUT2D eigenvalue weighted by atomic mass is 9.99. The van der Waals surface area contributed by atoms with Crippen molar-refractivity contribution >= 4 is 11.0 Å². The molecule has 4 aromatic rings. The number of benzene rings is 3. The van der Waals surface area contributed by atoms with E-state index >= 15 is 0 Å². The molecule has 0 radical (unpaired) electrons. The van der Waals surface area contributed by atoms with E-state index in [0.717, 1.165) is 11.1 Å². The van der Waals surface area contributed by atoms with Crippen molar-refractivity contribution in [1.82, 2.24) is 9.97 Å². The smallest absolute Gasteiger partial charge is 0.323 e. The number of para-hydroxylation sites is 1. The maximum absolute atomic E-state index is 14.3. The highest BCUT2D eigenvalue weighted by Crippen LogP contribution is 2.32. The molecule has 3 N–H and O–H groups in total. The summed E-state index contributed by atoms with van der Waals surface area (Å²) in [5, 5.41) is 9.92. The second-order valence-electron chi connectivity index (χ2n) is 5.55. The van der Waals surface area contributed by atoms with Crippen molar-refractivity contribution in [3.63, 3.8) is 0 Å². The van der Waals surface area contributed by atoms with Gasteiger partial charge in [-0.1, -0.05) is 42.5 Å². The summed E-state index contributed by atoms with van der Waals surface area (Å²) < 4.78 is 14.3. The molecule has 0 amide bonds. The third-order valence-electron chi connectivity index (χ3n) is 4.01. The monoisotopic (exact) mass is 320 g/mol. The van der Waals surface area contributed by atoms with Crippen LogP contribution in [0.4, 0.5) is 4.39 Å². The molecule has 1 aromatic heterocycles. The van der Waals surface area contributed by atoms with Crippen molar-refractivity contribution in [3.05, 3.63) is 77.0 Å². The molecule has 3 aromatic carbocycles. The van der Waals surface area contributed by atoms with Crippen LogP contribution in [-0.2, 0) is 0 Å². The van der Waals surface area contributed by atoms with E-state index in [1.165, 1.54) is 6.07 Å². The predicted molar refractivity (Wildman–Crippen MR) is 91.4 cm³/mol. The zero-order valence-corrected chi connectivity index (χ0v) is 12.5. The summed E-state index contributed by atoms with van der Waals surface area (Å²) >= 11 is 0. The minimum absolute atomic E-state index is 0.197. The number of hydrogen-bond donors (Lipinski definition) is 3. The van der Waals surface area contributed by atoms with Gasteiger partial charge in [-0.15, -0.1) is 0 Å². The number of aromatic amines is 2. The Hall–Kier alpha value is -3.34. The van der Waals surface area contributed by atoms with Crippen molar-refractivity contribution in [2.45, 2.75) is 0 Å². The second-order valence-corrected chi connectivity index (χ2v) is 5.55. The zero-order chi connectivity index (χ0) is 16.7. The zero-order valence-electron chi connectivity index (χ0n) is 12.5. The third kappa shape index (κ3) is 2.36. The normalized spacial score (nSPS) is 11.0. The molecule has 4 rings (SSSR count). The molecule has 4 nitrogen and oxygen atoms in total. The van der Waals surface area contributed by atoms with Gasteiger partial charge in [0, 0.05) is 17.2 Å². The Morgan fingerprint density at radius 1 is 0.792 bits per heavy atom. The van der Waals surface area contributed by atoms with Crippen LogP contribution in [0.3, 0.4) is 0 Å². The lowest BCUT2D eigenvalue weighted by molar-refractivity contribution is 0.477. The third-order valence-corrected chi connectivity index (χ3v) is 4.01. The molecule has 24 heavy (non-hydrogen) atoms. The van der Waals surface area contributed by atoms with E-state index in [9.17, 15) is 14.3 Å². The first-order valence-corrected chi connectivity index (χ1v) is 7.42. The largest absolute Gasteiger partial charge is 0.507 e. The molecule has 5 heteroatoms. The summed E-state index contributed by atoms with van der Waals surface area (Å²) in [5.74, 6) is -0.212. The van der Waals surface area contributed by atoms with Gasteiger partial charge >= 0.3 is 5.69 Å². The van der Waals surface area contributed by atoms with Gasteiger partial charge in [0.05, 0.1) is 11.0 Å². The molecular formula is C19H13FN2O2. The Morgan fingerprint density at radius 3 is 2.04 bits per heavy atom. The van der Waals surface area contributed by atoms with Crippen molar-refractivity contribution in [3.8, 4) is 28.0 Å². The molecule has 118 valence electrons. The fraction of sp³-hybridized carbons (Fsp3) is 0. The Morgan fingerprint density at radius 2 is 1.38 bits per heavy atom. The second kappa shape index (κ2) is 5.38. The number of phenolic OH excluding ortho intramolecular Hbond substituents is 1. The van der Waals surface area contributed by atoms with Crippen LogP contribution in [-0.4, -0.2) is 15.1 Å². The van der Waals surface area contributed by atoms with Crippen LogP contribution >= 0.6 is 0 Å². The summed E-state index contributed by atoms with van der Waals surface area (Å²) in [6.45, 7) is 0. The highest BCUT2D eigenvalue weighted by Gasteiger charge is 2.10. The number of imidazole rings is 1. The summed E-state index contributed by atoms with van der Waals surface area (Å²) in [6, 6.07) is 17.2. The van der Waals surface area contributed by atoms with Crippen LogP contribution in [0.1, 0.15) is 0 Å². The average Bonchev–Trinajstić information content (AvgIpc) is 2.94. The van der Waals surface area contributed by atoms with E-state index in [0.29, 0.717) is 22.2 Å². The van der Waals surface area contributed by atoms with Crippen LogP contribution in [0.15, 0.2) is 65.5 Å². The molecule has 0 fully saturated rings. The number of phenols is 1. The molecule has 0 atom stereocenters. The standard InChI is InChI=1S/C19H13FN2O2/c20-15-10-17-16(21-19(24)22-17)9-14(15)12-7-5-11(6-8-12)13-3-1-2-4-18(13)23/h1-10,23H,(H2,21,22,24). The van der Waals surface area contributed by atoms with E-state index in [1.54, 1.807) is 30.3 Å². The van der Waals surface area contributed by atoms with Gasteiger partial charge in [0.2, 0.25) is 0 Å². The predicted octanol–water partition coefficient (Wildman–Crippen LogP) is 4.03. The Kier molecular flexibility index (Phi) is 3.20. The minimum atomic E-state index is -0.409. The number of halogens is 1. The molecular weight excluding hydrogens is 307 g/mol. The first-order chi connectivity index (χ1) is 11.6. The Balaban J connectivity index is 1.79. The van der Waals surface area contributed by atoms with E-state index < -0.39 is 5.82 Å². The molecule has 0 aliphatic rings. The lowest BCUT2D eigenvalue weighted by Gasteiger charge is -2.07. The summed E-state index contributed by atoms with van der Waals surface area (Å²) in [7, 11) is 0. The molecule has 0 aliphatic heterocycles. The van der Waals surface area contributed by atoms with E-state index in [4.69, 9.17) is 0 Å². The average molecular weight is 320 g/mol. The number of nitrogens with one attached hydrogen (secondary N) is 2. The van der Waals surface area contributed by atoms with E-state index in [-0.39, 0.29) is 11.4 Å². The number of aromatic hydroxyl groups is 1. The molecule has 0 unspecified atom stereocenters. The molecule has 0 saturated heterocycles. The summed E-state index contributed by atoms with van der Waals surface area (Å²) in [5.41, 5.74) is 3.28. The number of rotatable bonds is 2. The minimum Gasteiger partial charge on any atom is -0.507 e. The van der Waals surface area contributed by atoms with Crippen LogP contribution in [0.2, 0.25) is 0 Å². The van der Waals surface area contributed by atoms with Gasteiger partial charge in [0.15, 0.2) is 0 Å². The molecule has 0 bridgehead atoms. The van der Waals surface area contributed by atoms with Crippen molar-refractivity contribution in [2.24, 2.45) is 0 Å². The quantitative estimate of drug-likeness (QED) is 0.522. The van der Waals surface area contributed by atoms with Gasteiger partial charge in [-0.25, -0.2) is 9.18 Å². The first kappa shape index (κ1) is 14.3. The fourth-order valence-corrected chi connectivity index (χ4v) is 2.82. The highest BCUT2D eigenvalue weighted by atomic mass is 19.1. The van der Waals surface area contributed by atoms with Gasteiger partial charge in [0.1, 0.15) is 11.6 Å². The molecule has 0 saturated carbocycles. The van der Waals surface area contributed by atoms with Crippen LogP contribution in [0.5, 0.6) is 5.75 Å². The van der Waals surface area contributed by atoms with Gasteiger partial charge < -0.3 is 15.1 Å². The van der Waals surface area contributed by atoms with Crippen LogP contribution in [0, 0.1) is 5.82 Å². The summed E-state index contributed by atoms with van der Waals surface area (Å²) in [4.78, 5) is 16.5. The maximum Gasteiger partial charge on any atom is 0.323 e. The van der Waals surface area contributed by atoms with Gasteiger partial charge in [-0.05, 0) is 23.3 Å². The van der Waals surface area contributed by atoms with Gasteiger partial charge in [-0.3, -0.25) is 0 Å². The number of hydrogen-bond acceptors (Lipinski definition) is 2. The fourth-order valence-electron chi connectivity index (χ4n) is 2.82. The van der Waals surface area contributed by atoms with Crippen LogP contribution in [0.25, 0.3) is 33.3 Å². The number of fused-ring (bicyclic) bond motifs is 1. The Labute approximate surface area is 136 Å². The molecule has 0 spiro atoms. The number of H-pyrrole nitrogens is 2. The van der Waals surface area contributed by atoms with E-state index in [2.05, 4.69) is 9.97 Å².